The Hall–Kier alpha value is -3.09. The lowest BCUT2D eigenvalue weighted by Crippen LogP contribution is -2.28. The summed E-state index contributed by atoms with van der Waals surface area (Å²) in [5.41, 5.74) is 10.1. The van der Waals surface area contributed by atoms with Crippen LogP contribution in [0.15, 0.2) is 42.7 Å². The number of aromatic nitrogens is 4. The second-order valence-electron chi connectivity index (χ2n) is 6.42. The molecule has 7 nitrogen and oxygen atoms in total. The van der Waals surface area contributed by atoms with Gasteiger partial charge in [-0.25, -0.2) is 4.68 Å². The summed E-state index contributed by atoms with van der Waals surface area (Å²) < 4.78 is 1.80. The number of carbonyl (C=O) groups is 1. The number of likely N-dealkylation sites (tertiary alicyclic amines) is 1. The highest BCUT2D eigenvalue weighted by molar-refractivity contribution is 5.94. The quantitative estimate of drug-likeness (QED) is 0.766. The maximum Gasteiger partial charge on any atom is 0.253 e. The van der Waals surface area contributed by atoms with E-state index in [-0.39, 0.29) is 11.8 Å². The van der Waals surface area contributed by atoms with Gasteiger partial charge in [-0.15, -0.1) is 0 Å². The van der Waals surface area contributed by atoms with Crippen LogP contribution in [-0.4, -0.2) is 43.9 Å². The van der Waals surface area contributed by atoms with Gasteiger partial charge in [0.05, 0.1) is 29.0 Å². The summed E-state index contributed by atoms with van der Waals surface area (Å²) >= 11 is 0. The first-order chi connectivity index (χ1) is 12.1. The predicted octanol–water partition coefficient (Wildman–Crippen LogP) is 2.12. The topological polar surface area (TPSA) is 92.8 Å². The van der Waals surface area contributed by atoms with Crippen molar-refractivity contribution in [3.05, 3.63) is 59.7 Å². The van der Waals surface area contributed by atoms with Gasteiger partial charge in [-0.1, -0.05) is 0 Å². The fourth-order valence-corrected chi connectivity index (χ4v) is 3.31. The number of amides is 1. The van der Waals surface area contributed by atoms with E-state index >= 15 is 0 Å². The summed E-state index contributed by atoms with van der Waals surface area (Å²) in [6.07, 6.45) is 4.42. The molecule has 1 saturated heterocycles. The number of nitrogen functional groups attached to an aromatic ring is 1. The molecule has 1 atom stereocenters. The molecular formula is C18H20N6O. The number of nitrogens with zero attached hydrogens (tertiary/aromatic N) is 4. The third kappa shape index (κ3) is 2.88. The summed E-state index contributed by atoms with van der Waals surface area (Å²) in [5.74, 6) is 0.265. The number of aromatic amines is 1. The van der Waals surface area contributed by atoms with E-state index in [0.717, 1.165) is 30.0 Å². The second kappa shape index (κ2) is 6.08. The molecule has 0 radical (unpaired) electrons. The van der Waals surface area contributed by atoms with Crippen LogP contribution >= 0.6 is 0 Å². The zero-order valence-corrected chi connectivity index (χ0v) is 14.0. The van der Waals surface area contributed by atoms with E-state index in [9.17, 15) is 4.79 Å². The molecule has 3 heterocycles. The molecule has 0 spiro atoms. The van der Waals surface area contributed by atoms with E-state index in [1.807, 2.05) is 48.4 Å². The third-order valence-electron chi connectivity index (χ3n) is 4.68. The van der Waals surface area contributed by atoms with Crippen LogP contribution in [0, 0.1) is 6.92 Å². The van der Waals surface area contributed by atoms with Crippen LogP contribution in [0.1, 0.15) is 34.1 Å². The number of nitrogens with two attached hydrogens (primary N) is 1. The molecule has 0 bridgehead atoms. The Morgan fingerprint density at radius 2 is 2.08 bits per heavy atom. The predicted molar refractivity (Wildman–Crippen MR) is 94.6 cm³/mol. The third-order valence-corrected chi connectivity index (χ3v) is 4.68. The zero-order chi connectivity index (χ0) is 17.4. The van der Waals surface area contributed by atoms with Crippen molar-refractivity contribution < 1.29 is 4.79 Å². The molecule has 1 aliphatic rings. The Morgan fingerprint density at radius 3 is 2.72 bits per heavy atom. The van der Waals surface area contributed by atoms with Crippen molar-refractivity contribution in [2.24, 2.45) is 0 Å². The van der Waals surface area contributed by atoms with Gasteiger partial charge < -0.3 is 10.6 Å². The summed E-state index contributed by atoms with van der Waals surface area (Å²) in [6.45, 7) is 3.33. The highest BCUT2D eigenvalue weighted by Gasteiger charge is 2.29. The van der Waals surface area contributed by atoms with Crippen LogP contribution in [0.3, 0.4) is 0 Å². The molecule has 3 aromatic rings. The summed E-state index contributed by atoms with van der Waals surface area (Å²) in [7, 11) is 0. The van der Waals surface area contributed by atoms with Gasteiger partial charge in [0.15, 0.2) is 0 Å². The van der Waals surface area contributed by atoms with Gasteiger partial charge in [-0.2, -0.15) is 10.2 Å². The highest BCUT2D eigenvalue weighted by atomic mass is 16.2. The van der Waals surface area contributed by atoms with E-state index in [4.69, 9.17) is 5.73 Å². The number of benzene rings is 1. The van der Waals surface area contributed by atoms with E-state index in [1.54, 1.807) is 10.9 Å². The fourth-order valence-electron chi connectivity index (χ4n) is 3.31. The van der Waals surface area contributed by atoms with E-state index in [2.05, 4.69) is 15.3 Å². The minimum absolute atomic E-state index is 0.0452. The van der Waals surface area contributed by atoms with Crippen LogP contribution in [0.2, 0.25) is 0 Å². The molecule has 25 heavy (non-hydrogen) atoms. The maximum absolute atomic E-state index is 12.7. The molecule has 1 aromatic carbocycles. The Kier molecular flexibility index (Phi) is 3.76. The Morgan fingerprint density at radius 1 is 1.28 bits per heavy atom. The SMILES string of the molecule is Cc1ccn(-c2ccc(C(=O)N3CCC(c4[nH]ncc4N)C3)cc2)n1. The molecule has 1 amide bonds. The lowest BCUT2D eigenvalue weighted by Gasteiger charge is -2.16. The first-order valence-electron chi connectivity index (χ1n) is 8.32. The van der Waals surface area contributed by atoms with Crippen molar-refractivity contribution >= 4 is 11.6 Å². The molecule has 2 aromatic heterocycles. The second-order valence-corrected chi connectivity index (χ2v) is 6.42. The summed E-state index contributed by atoms with van der Waals surface area (Å²) in [5, 5.41) is 11.3. The van der Waals surface area contributed by atoms with E-state index in [1.165, 1.54) is 0 Å². The molecule has 128 valence electrons. The number of carbonyl (C=O) groups excluding carboxylic acids is 1. The Balaban J connectivity index is 1.47. The number of anilines is 1. The highest BCUT2D eigenvalue weighted by Crippen LogP contribution is 2.30. The number of nitrogens with one attached hydrogen (secondary N) is 1. The normalized spacial score (nSPS) is 17.2. The molecule has 0 aliphatic carbocycles. The van der Waals surface area contributed by atoms with Gasteiger partial charge in [0, 0.05) is 30.8 Å². The number of hydrogen-bond donors (Lipinski definition) is 2. The van der Waals surface area contributed by atoms with Crippen molar-refractivity contribution in [1.29, 1.82) is 0 Å². The fraction of sp³-hybridized carbons (Fsp3) is 0.278. The number of aryl methyl sites for hydroxylation is 1. The number of H-pyrrole nitrogens is 1. The van der Waals surface area contributed by atoms with Crippen molar-refractivity contribution in [3.8, 4) is 5.69 Å². The minimum atomic E-state index is 0.0452. The van der Waals surface area contributed by atoms with Crippen LogP contribution in [0.25, 0.3) is 5.69 Å². The molecular weight excluding hydrogens is 316 g/mol. The molecule has 7 heteroatoms. The summed E-state index contributed by atoms with van der Waals surface area (Å²) in [4.78, 5) is 14.6. The van der Waals surface area contributed by atoms with Crippen molar-refractivity contribution in [2.75, 3.05) is 18.8 Å². The van der Waals surface area contributed by atoms with Gasteiger partial charge in [0.1, 0.15) is 0 Å². The van der Waals surface area contributed by atoms with Crippen molar-refractivity contribution in [1.82, 2.24) is 24.9 Å². The van der Waals surface area contributed by atoms with E-state index < -0.39 is 0 Å². The monoisotopic (exact) mass is 336 g/mol. The molecule has 3 N–H and O–H groups in total. The number of rotatable bonds is 3. The largest absolute Gasteiger partial charge is 0.396 e. The van der Waals surface area contributed by atoms with Crippen LogP contribution < -0.4 is 5.73 Å². The zero-order valence-electron chi connectivity index (χ0n) is 14.0. The standard InChI is InChI=1S/C18H20N6O/c1-12-6-9-24(22-12)15-4-2-13(3-5-15)18(25)23-8-7-14(11-23)17-16(19)10-20-21-17/h2-6,9-10,14H,7-8,11,19H2,1H3,(H,20,21). The molecule has 1 unspecified atom stereocenters. The number of hydrogen-bond acceptors (Lipinski definition) is 4. The van der Waals surface area contributed by atoms with Crippen LogP contribution in [0.5, 0.6) is 0 Å². The minimum Gasteiger partial charge on any atom is -0.396 e. The van der Waals surface area contributed by atoms with Crippen molar-refractivity contribution in [3.63, 3.8) is 0 Å². The molecule has 0 saturated carbocycles. The molecule has 1 fully saturated rings. The van der Waals surface area contributed by atoms with Crippen molar-refractivity contribution in [2.45, 2.75) is 19.3 Å². The lowest BCUT2D eigenvalue weighted by molar-refractivity contribution is 0.0790. The molecule has 1 aliphatic heterocycles. The first kappa shape index (κ1) is 15.4. The van der Waals surface area contributed by atoms with Crippen LogP contribution in [-0.2, 0) is 0 Å². The smallest absolute Gasteiger partial charge is 0.253 e. The van der Waals surface area contributed by atoms with Gasteiger partial charge in [-0.05, 0) is 43.7 Å². The molecule has 4 rings (SSSR count). The van der Waals surface area contributed by atoms with Gasteiger partial charge >= 0.3 is 0 Å². The lowest BCUT2D eigenvalue weighted by atomic mass is 10.0. The Labute approximate surface area is 145 Å². The van der Waals surface area contributed by atoms with Gasteiger partial charge in [-0.3, -0.25) is 9.89 Å². The first-order valence-corrected chi connectivity index (χ1v) is 8.32. The average molecular weight is 336 g/mol. The van der Waals surface area contributed by atoms with Crippen LogP contribution in [0.4, 0.5) is 5.69 Å². The maximum atomic E-state index is 12.7. The van der Waals surface area contributed by atoms with Gasteiger partial charge in [0.25, 0.3) is 5.91 Å². The summed E-state index contributed by atoms with van der Waals surface area (Å²) in [6, 6.07) is 9.49. The van der Waals surface area contributed by atoms with E-state index in [0.29, 0.717) is 17.8 Å². The Bertz CT molecular complexity index is 894. The van der Waals surface area contributed by atoms with Gasteiger partial charge in [0.2, 0.25) is 0 Å². The average Bonchev–Trinajstić information content (AvgIpc) is 3.35.